The number of nitrogens with two attached hydrogens (primary N) is 1. The molecule has 0 aliphatic heterocycles. The van der Waals surface area contributed by atoms with Gasteiger partial charge in [-0.3, -0.25) is 0 Å². The van der Waals surface area contributed by atoms with Gasteiger partial charge in [0, 0.05) is 41.6 Å². The van der Waals surface area contributed by atoms with Gasteiger partial charge >= 0.3 is 0 Å². The molecule has 0 spiro atoms. The van der Waals surface area contributed by atoms with E-state index >= 15 is 0 Å². The number of hydrogen-bond donors (Lipinski definition) is 3. The van der Waals surface area contributed by atoms with Crippen LogP contribution >= 0.6 is 11.6 Å². The maximum Gasteiger partial charge on any atom is 0.163 e. The third-order valence-corrected chi connectivity index (χ3v) is 4.67. The van der Waals surface area contributed by atoms with Crippen molar-refractivity contribution in [2.45, 2.75) is 37.8 Å². The number of nitrogens with one attached hydrogen (secondary N) is 2. The first-order valence-electron chi connectivity index (χ1n) is 8.17. The fraction of sp³-hybridized carbons (Fsp3) is 0.353. The van der Waals surface area contributed by atoms with E-state index in [1.165, 1.54) is 0 Å². The van der Waals surface area contributed by atoms with Crippen molar-refractivity contribution in [1.29, 1.82) is 0 Å². The zero-order valence-electron chi connectivity index (χ0n) is 13.2. The minimum atomic E-state index is 0.277. The summed E-state index contributed by atoms with van der Waals surface area (Å²) in [5.41, 5.74) is 7.73. The normalized spacial score (nSPS) is 21.1. The standard InChI is InChI=1S/C17H19ClN6/c18-10-6-13-14(9-22-16(13)21-8-10)17-20-5-4-15(24-17)23-12-3-1-2-11(19)7-12/h4-6,8-9,11-12H,1-3,7,19H2,(H,21,22)(H,20,23,24). The monoisotopic (exact) mass is 342 g/mol. The molecule has 4 rings (SSSR count). The van der Waals surface area contributed by atoms with Gasteiger partial charge in [-0.1, -0.05) is 11.6 Å². The number of pyridine rings is 1. The van der Waals surface area contributed by atoms with Gasteiger partial charge in [-0.2, -0.15) is 0 Å². The van der Waals surface area contributed by atoms with Crippen molar-refractivity contribution in [3.8, 4) is 11.4 Å². The van der Waals surface area contributed by atoms with Gasteiger partial charge in [0.1, 0.15) is 11.5 Å². The maximum absolute atomic E-state index is 6.07. The van der Waals surface area contributed by atoms with Gasteiger partial charge < -0.3 is 16.0 Å². The molecular weight excluding hydrogens is 324 g/mol. The zero-order chi connectivity index (χ0) is 16.5. The van der Waals surface area contributed by atoms with Gasteiger partial charge in [-0.15, -0.1) is 0 Å². The lowest BCUT2D eigenvalue weighted by molar-refractivity contribution is 0.409. The van der Waals surface area contributed by atoms with Gasteiger partial charge in [0.2, 0.25) is 0 Å². The Kier molecular flexibility index (Phi) is 4.08. The molecule has 0 aromatic carbocycles. The molecule has 0 amide bonds. The highest BCUT2D eigenvalue weighted by molar-refractivity contribution is 6.31. The number of aromatic nitrogens is 4. The summed E-state index contributed by atoms with van der Waals surface area (Å²) in [6, 6.07) is 4.42. The van der Waals surface area contributed by atoms with E-state index in [0.29, 0.717) is 16.9 Å². The number of hydrogen-bond acceptors (Lipinski definition) is 5. The molecule has 3 aromatic rings. The third-order valence-electron chi connectivity index (χ3n) is 4.46. The Balaban J connectivity index is 1.63. The number of halogens is 1. The van der Waals surface area contributed by atoms with Crippen LogP contribution in [-0.4, -0.2) is 32.0 Å². The van der Waals surface area contributed by atoms with Crippen LogP contribution in [-0.2, 0) is 0 Å². The second-order valence-electron chi connectivity index (χ2n) is 6.29. The number of rotatable bonds is 3. The smallest absolute Gasteiger partial charge is 0.163 e. The minimum Gasteiger partial charge on any atom is -0.367 e. The summed E-state index contributed by atoms with van der Waals surface area (Å²) in [6.07, 6.45) is 9.62. The molecule has 2 unspecified atom stereocenters. The van der Waals surface area contributed by atoms with Crippen molar-refractivity contribution in [3.63, 3.8) is 0 Å². The van der Waals surface area contributed by atoms with Crippen molar-refractivity contribution >= 4 is 28.5 Å². The van der Waals surface area contributed by atoms with E-state index in [-0.39, 0.29) is 6.04 Å². The topological polar surface area (TPSA) is 92.5 Å². The second kappa shape index (κ2) is 6.37. The summed E-state index contributed by atoms with van der Waals surface area (Å²) in [7, 11) is 0. The summed E-state index contributed by atoms with van der Waals surface area (Å²) in [4.78, 5) is 16.5. The molecule has 2 atom stereocenters. The van der Waals surface area contributed by atoms with E-state index in [2.05, 4.69) is 25.3 Å². The van der Waals surface area contributed by atoms with Crippen molar-refractivity contribution < 1.29 is 0 Å². The lowest BCUT2D eigenvalue weighted by atomic mass is 9.92. The predicted octanol–water partition coefficient (Wildman–Crippen LogP) is 3.36. The van der Waals surface area contributed by atoms with E-state index in [9.17, 15) is 0 Å². The molecule has 3 aromatic heterocycles. The minimum absolute atomic E-state index is 0.277. The van der Waals surface area contributed by atoms with E-state index in [1.807, 2.05) is 18.3 Å². The average Bonchev–Trinajstić information content (AvgIpc) is 2.98. The number of anilines is 1. The molecule has 4 N–H and O–H groups in total. The lowest BCUT2D eigenvalue weighted by Gasteiger charge is -2.27. The molecule has 1 saturated carbocycles. The van der Waals surface area contributed by atoms with E-state index < -0.39 is 0 Å². The first-order chi connectivity index (χ1) is 11.7. The number of H-pyrrole nitrogens is 1. The molecule has 7 heteroatoms. The van der Waals surface area contributed by atoms with Gasteiger partial charge in [0.15, 0.2) is 5.82 Å². The summed E-state index contributed by atoms with van der Waals surface area (Å²) < 4.78 is 0. The molecule has 1 aliphatic carbocycles. The fourth-order valence-corrected chi connectivity index (χ4v) is 3.46. The molecule has 0 radical (unpaired) electrons. The number of fused-ring (bicyclic) bond motifs is 1. The van der Waals surface area contributed by atoms with E-state index in [1.54, 1.807) is 12.4 Å². The SMILES string of the molecule is NC1CCCC(Nc2ccnc(-c3c[nH]c4ncc(Cl)cc34)n2)C1. The summed E-state index contributed by atoms with van der Waals surface area (Å²) in [5.74, 6) is 1.47. The largest absolute Gasteiger partial charge is 0.367 e. The highest BCUT2D eigenvalue weighted by Gasteiger charge is 2.19. The van der Waals surface area contributed by atoms with E-state index in [0.717, 1.165) is 48.1 Å². The Morgan fingerprint density at radius 3 is 3.08 bits per heavy atom. The fourth-order valence-electron chi connectivity index (χ4n) is 3.30. The Bertz CT molecular complexity index is 861. The van der Waals surface area contributed by atoms with Gasteiger partial charge in [-0.25, -0.2) is 15.0 Å². The average molecular weight is 343 g/mol. The van der Waals surface area contributed by atoms with Gasteiger partial charge in [-0.05, 0) is 37.8 Å². The molecule has 0 bridgehead atoms. The predicted molar refractivity (Wildman–Crippen MR) is 96.0 cm³/mol. The molecular formula is C17H19ClN6. The van der Waals surface area contributed by atoms with Crippen LogP contribution in [0.15, 0.2) is 30.7 Å². The Morgan fingerprint density at radius 1 is 1.29 bits per heavy atom. The summed E-state index contributed by atoms with van der Waals surface area (Å²) in [6.45, 7) is 0. The molecule has 6 nitrogen and oxygen atoms in total. The van der Waals surface area contributed by atoms with Crippen LogP contribution in [0.3, 0.4) is 0 Å². The van der Waals surface area contributed by atoms with Crippen LogP contribution in [0.25, 0.3) is 22.4 Å². The van der Waals surface area contributed by atoms with Crippen molar-refractivity contribution in [2.24, 2.45) is 5.73 Å². The molecule has 0 saturated heterocycles. The van der Waals surface area contributed by atoms with Crippen LogP contribution in [0.1, 0.15) is 25.7 Å². The first kappa shape index (κ1) is 15.4. The van der Waals surface area contributed by atoms with E-state index in [4.69, 9.17) is 17.3 Å². The number of nitrogens with zero attached hydrogens (tertiary/aromatic N) is 3. The molecule has 3 heterocycles. The van der Waals surface area contributed by atoms with Crippen molar-refractivity contribution in [1.82, 2.24) is 19.9 Å². The highest BCUT2D eigenvalue weighted by atomic mass is 35.5. The van der Waals surface area contributed by atoms with Gasteiger partial charge in [0.25, 0.3) is 0 Å². The third kappa shape index (κ3) is 3.07. The number of aromatic amines is 1. The van der Waals surface area contributed by atoms with Crippen molar-refractivity contribution in [3.05, 3.63) is 35.7 Å². The maximum atomic E-state index is 6.07. The van der Waals surface area contributed by atoms with Crippen LogP contribution in [0, 0.1) is 0 Å². The molecule has 24 heavy (non-hydrogen) atoms. The first-order valence-corrected chi connectivity index (χ1v) is 8.55. The van der Waals surface area contributed by atoms with Crippen LogP contribution < -0.4 is 11.1 Å². The quantitative estimate of drug-likeness (QED) is 0.678. The second-order valence-corrected chi connectivity index (χ2v) is 6.72. The molecule has 1 fully saturated rings. The highest BCUT2D eigenvalue weighted by Crippen LogP contribution is 2.28. The van der Waals surface area contributed by atoms with Gasteiger partial charge in [0.05, 0.1) is 5.02 Å². The Morgan fingerprint density at radius 2 is 2.21 bits per heavy atom. The van der Waals surface area contributed by atoms with Crippen LogP contribution in [0.5, 0.6) is 0 Å². The summed E-state index contributed by atoms with van der Waals surface area (Å²) >= 11 is 6.07. The summed E-state index contributed by atoms with van der Waals surface area (Å²) in [5, 5.41) is 5.00. The Hall–Kier alpha value is -2.18. The van der Waals surface area contributed by atoms with Crippen LogP contribution in [0.2, 0.25) is 5.02 Å². The lowest BCUT2D eigenvalue weighted by Crippen LogP contribution is -2.35. The molecule has 124 valence electrons. The zero-order valence-corrected chi connectivity index (χ0v) is 13.9. The van der Waals surface area contributed by atoms with Crippen molar-refractivity contribution in [2.75, 3.05) is 5.32 Å². The molecule has 1 aliphatic rings. The Labute approximate surface area is 144 Å². The van der Waals surface area contributed by atoms with Crippen LogP contribution in [0.4, 0.5) is 5.82 Å².